The molecule has 3 heteroatoms. The quantitative estimate of drug-likeness (QED) is 0.805. The van der Waals surface area contributed by atoms with Crippen LogP contribution in [-0.4, -0.2) is 5.54 Å². The van der Waals surface area contributed by atoms with Crippen LogP contribution in [0.4, 0.5) is 5.69 Å². The summed E-state index contributed by atoms with van der Waals surface area (Å²) >= 11 is 1.79. The van der Waals surface area contributed by atoms with Crippen molar-refractivity contribution in [1.29, 1.82) is 0 Å². The van der Waals surface area contributed by atoms with Crippen molar-refractivity contribution in [2.45, 2.75) is 36.1 Å². The van der Waals surface area contributed by atoms with Crippen LogP contribution in [0.5, 0.6) is 0 Å². The minimum absolute atomic E-state index is 0. The van der Waals surface area contributed by atoms with Crippen LogP contribution in [-0.2, 0) is 0 Å². The maximum absolute atomic E-state index is 3.46. The highest BCUT2D eigenvalue weighted by molar-refractivity contribution is 7.99. The van der Waals surface area contributed by atoms with Crippen molar-refractivity contribution in [2.24, 2.45) is 0 Å². The molecule has 0 heterocycles. The Balaban J connectivity index is 0.00000180. The normalized spacial score (nSPS) is 10.7. The second-order valence-electron chi connectivity index (χ2n) is 5.31. The third-order valence-electron chi connectivity index (χ3n) is 2.35. The van der Waals surface area contributed by atoms with Gasteiger partial charge in [-0.15, -0.1) is 12.4 Å². The van der Waals surface area contributed by atoms with Crippen LogP contribution in [0.1, 0.15) is 20.8 Å². The first-order chi connectivity index (χ1) is 8.53. The number of anilines is 1. The average Bonchev–Trinajstić information content (AvgIpc) is 2.31. The lowest BCUT2D eigenvalue weighted by Crippen LogP contribution is -2.25. The standard InChI is InChI=1S/C16H19NS.ClH/c1-16(2,3)17-13-9-11-15(12-10-13)18-14-7-5-4-6-8-14;/h4-12,17H,1-3H3;1H. The number of rotatable bonds is 3. The molecule has 0 spiro atoms. The first kappa shape index (κ1) is 15.9. The topological polar surface area (TPSA) is 12.0 Å². The van der Waals surface area contributed by atoms with Gasteiger partial charge in [0.2, 0.25) is 0 Å². The van der Waals surface area contributed by atoms with Gasteiger partial charge < -0.3 is 5.32 Å². The molecule has 0 amide bonds. The highest BCUT2D eigenvalue weighted by atomic mass is 35.5. The van der Waals surface area contributed by atoms with E-state index in [1.807, 2.05) is 6.07 Å². The fourth-order valence-corrected chi connectivity index (χ4v) is 2.50. The molecule has 102 valence electrons. The maximum Gasteiger partial charge on any atom is 0.0344 e. The minimum Gasteiger partial charge on any atom is -0.380 e. The fraction of sp³-hybridized carbons (Fsp3) is 0.250. The van der Waals surface area contributed by atoms with E-state index >= 15 is 0 Å². The van der Waals surface area contributed by atoms with E-state index in [0.29, 0.717) is 0 Å². The zero-order chi connectivity index (χ0) is 13.0. The Morgan fingerprint density at radius 1 is 0.789 bits per heavy atom. The lowest BCUT2D eigenvalue weighted by molar-refractivity contribution is 0.634. The van der Waals surface area contributed by atoms with Gasteiger partial charge in [-0.05, 0) is 57.2 Å². The van der Waals surface area contributed by atoms with Crippen molar-refractivity contribution in [3.05, 3.63) is 54.6 Å². The first-order valence-electron chi connectivity index (χ1n) is 6.14. The summed E-state index contributed by atoms with van der Waals surface area (Å²) in [7, 11) is 0. The lowest BCUT2D eigenvalue weighted by Gasteiger charge is -2.22. The molecule has 2 aromatic rings. The van der Waals surface area contributed by atoms with Gasteiger partial charge in [-0.2, -0.15) is 0 Å². The fourth-order valence-electron chi connectivity index (χ4n) is 1.66. The van der Waals surface area contributed by atoms with E-state index in [9.17, 15) is 0 Å². The molecule has 2 rings (SSSR count). The number of hydrogen-bond donors (Lipinski definition) is 1. The summed E-state index contributed by atoms with van der Waals surface area (Å²) in [5.74, 6) is 0. The molecule has 0 aliphatic rings. The van der Waals surface area contributed by atoms with Crippen molar-refractivity contribution in [3.63, 3.8) is 0 Å². The Labute approximate surface area is 126 Å². The Kier molecular flexibility index (Phi) is 5.77. The van der Waals surface area contributed by atoms with E-state index in [-0.39, 0.29) is 17.9 Å². The number of halogens is 1. The zero-order valence-electron chi connectivity index (χ0n) is 11.5. The van der Waals surface area contributed by atoms with Crippen LogP contribution in [0.3, 0.4) is 0 Å². The monoisotopic (exact) mass is 293 g/mol. The van der Waals surface area contributed by atoms with Gasteiger partial charge in [-0.1, -0.05) is 30.0 Å². The van der Waals surface area contributed by atoms with Crippen LogP contribution in [0.25, 0.3) is 0 Å². The first-order valence-corrected chi connectivity index (χ1v) is 6.96. The summed E-state index contributed by atoms with van der Waals surface area (Å²) in [5.41, 5.74) is 1.27. The second-order valence-corrected chi connectivity index (χ2v) is 6.46. The summed E-state index contributed by atoms with van der Waals surface area (Å²) in [6.45, 7) is 6.50. The van der Waals surface area contributed by atoms with E-state index in [0.717, 1.165) is 0 Å². The van der Waals surface area contributed by atoms with Gasteiger partial charge in [-0.25, -0.2) is 0 Å². The van der Waals surface area contributed by atoms with Crippen LogP contribution in [0.2, 0.25) is 0 Å². The molecule has 0 bridgehead atoms. The summed E-state index contributed by atoms with van der Waals surface area (Å²) in [6.07, 6.45) is 0. The summed E-state index contributed by atoms with van der Waals surface area (Å²) in [4.78, 5) is 2.54. The van der Waals surface area contributed by atoms with Crippen molar-refractivity contribution in [3.8, 4) is 0 Å². The van der Waals surface area contributed by atoms with Crippen molar-refractivity contribution in [2.75, 3.05) is 5.32 Å². The van der Waals surface area contributed by atoms with E-state index in [1.165, 1.54) is 15.5 Å². The van der Waals surface area contributed by atoms with Gasteiger partial charge >= 0.3 is 0 Å². The van der Waals surface area contributed by atoms with Gasteiger partial charge in [0.1, 0.15) is 0 Å². The average molecular weight is 294 g/mol. The molecule has 2 aromatic carbocycles. The highest BCUT2D eigenvalue weighted by Gasteiger charge is 2.08. The molecule has 0 saturated heterocycles. The van der Waals surface area contributed by atoms with Crippen LogP contribution < -0.4 is 5.32 Å². The third-order valence-corrected chi connectivity index (χ3v) is 3.37. The Morgan fingerprint density at radius 3 is 1.84 bits per heavy atom. The highest BCUT2D eigenvalue weighted by Crippen LogP contribution is 2.28. The van der Waals surface area contributed by atoms with Crippen LogP contribution >= 0.6 is 24.2 Å². The van der Waals surface area contributed by atoms with E-state index in [1.54, 1.807) is 11.8 Å². The Hall–Kier alpha value is -1.12. The zero-order valence-corrected chi connectivity index (χ0v) is 13.1. The van der Waals surface area contributed by atoms with E-state index in [4.69, 9.17) is 0 Å². The molecular weight excluding hydrogens is 274 g/mol. The molecular formula is C16H20ClNS. The summed E-state index contributed by atoms with van der Waals surface area (Å²) < 4.78 is 0. The smallest absolute Gasteiger partial charge is 0.0344 e. The van der Waals surface area contributed by atoms with Crippen molar-refractivity contribution in [1.82, 2.24) is 0 Å². The number of nitrogens with one attached hydrogen (secondary N) is 1. The molecule has 0 aliphatic heterocycles. The molecule has 1 nitrogen and oxygen atoms in total. The molecule has 0 aliphatic carbocycles. The second kappa shape index (κ2) is 6.88. The van der Waals surface area contributed by atoms with Crippen molar-refractivity contribution >= 4 is 29.9 Å². The minimum atomic E-state index is 0. The predicted octanol–water partition coefficient (Wildman–Crippen LogP) is 5.47. The van der Waals surface area contributed by atoms with Gasteiger partial charge in [-0.3, -0.25) is 0 Å². The maximum atomic E-state index is 3.46. The molecule has 0 atom stereocenters. The van der Waals surface area contributed by atoms with Gasteiger partial charge in [0, 0.05) is 21.0 Å². The van der Waals surface area contributed by atoms with Crippen LogP contribution in [0.15, 0.2) is 64.4 Å². The summed E-state index contributed by atoms with van der Waals surface area (Å²) in [6, 6.07) is 19.0. The third kappa shape index (κ3) is 5.58. The molecule has 0 aromatic heterocycles. The SMILES string of the molecule is CC(C)(C)Nc1ccc(Sc2ccccc2)cc1.Cl. The molecule has 0 radical (unpaired) electrons. The number of benzene rings is 2. The number of hydrogen-bond acceptors (Lipinski definition) is 2. The largest absolute Gasteiger partial charge is 0.380 e. The molecule has 1 N–H and O–H groups in total. The van der Waals surface area contributed by atoms with Crippen LogP contribution in [0, 0.1) is 0 Å². The van der Waals surface area contributed by atoms with Crippen molar-refractivity contribution < 1.29 is 0 Å². The Morgan fingerprint density at radius 2 is 1.32 bits per heavy atom. The van der Waals surface area contributed by atoms with E-state index in [2.05, 4.69) is 74.6 Å². The molecule has 0 saturated carbocycles. The molecule has 0 fully saturated rings. The molecule has 19 heavy (non-hydrogen) atoms. The van der Waals surface area contributed by atoms with E-state index < -0.39 is 0 Å². The predicted molar refractivity (Wildman–Crippen MR) is 87.6 cm³/mol. The van der Waals surface area contributed by atoms with Gasteiger partial charge in [0.15, 0.2) is 0 Å². The molecule has 0 unspecified atom stereocenters. The van der Waals surface area contributed by atoms with Gasteiger partial charge in [0.05, 0.1) is 0 Å². The summed E-state index contributed by atoms with van der Waals surface area (Å²) in [5, 5.41) is 3.46. The Bertz CT molecular complexity index is 488. The van der Waals surface area contributed by atoms with Gasteiger partial charge in [0.25, 0.3) is 0 Å². The lowest BCUT2D eigenvalue weighted by atomic mass is 10.1.